The molecule has 0 fully saturated rings. The Kier molecular flexibility index (Phi) is 8.54. The molecule has 1 aromatic carbocycles. The summed E-state index contributed by atoms with van der Waals surface area (Å²) in [6.45, 7) is 0.973. The first kappa shape index (κ1) is 19.9. The van der Waals surface area contributed by atoms with Crippen LogP contribution in [0.15, 0.2) is 24.3 Å². The van der Waals surface area contributed by atoms with E-state index >= 15 is 0 Å². The van der Waals surface area contributed by atoms with E-state index in [0.29, 0.717) is 31.0 Å². The molecular formula is C15H23ClN2O4S. The van der Waals surface area contributed by atoms with Crippen LogP contribution >= 0.6 is 11.6 Å². The molecule has 0 aliphatic rings. The second-order valence-corrected chi connectivity index (χ2v) is 7.59. The number of halogens is 1. The lowest BCUT2D eigenvalue weighted by molar-refractivity contribution is -0.121. The van der Waals surface area contributed by atoms with E-state index in [4.69, 9.17) is 16.3 Å². The van der Waals surface area contributed by atoms with Gasteiger partial charge in [0.1, 0.15) is 0 Å². The summed E-state index contributed by atoms with van der Waals surface area (Å²) in [7, 11) is -1.87. The number of benzene rings is 1. The van der Waals surface area contributed by atoms with Crippen molar-refractivity contribution in [3.63, 3.8) is 0 Å². The Hall–Kier alpha value is -1.15. The highest BCUT2D eigenvalue weighted by Gasteiger charge is 2.19. The van der Waals surface area contributed by atoms with Gasteiger partial charge in [0.15, 0.2) is 0 Å². The molecule has 0 unspecified atom stereocenters. The van der Waals surface area contributed by atoms with Crippen LogP contribution in [-0.4, -0.2) is 58.2 Å². The predicted molar refractivity (Wildman–Crippen MR) is 91.1 cm³/mol. The van der Waals surface area contributed by atoms with Gasteiger partial charge < -0.3 is 10.1 Å². The van der Waals surface area contributed by atoms with E-state index in [9.17, 15) is 13.2 Å². The Morgan fingerprint density at radius 2 is 1.96 bits per heavy atom. The number of rotatable bonds is 10. The average Bonchev–Trinajstić information content (AvgIpc) is 2.47. The number of sulfonamides is 1. The van der Waals surface area contributed by atoms with E-state index in [-0.39, 0.29) is 19.0 Å². The Labute approximate surface area is 142 Å². The third-order valence-electron chi connectivity index (χ3n) is 3.19. The van der Waals surface area contributed by atoms with E-state index < -0.39 is 10.0 Å². The van der Waals surface area contributed by atoms with Crippen LogP contribution in [0.3, 0.4) is 0 Å². The van der Waals surface area contributed by atoms with Crippen molar-refractivity contribution >= 4 is 27.5 Å². The summed E-state index contributed by atoms with van der Waals surface area (Å²) < 4.78 is 29.4. The number of nitrogens with one attached hydrogen (secondary N) is 1. The van der Waals surface area contributed by atoms with Crippen molar-refractivity contribution in [2.45, 2.75) is 12.8 Å². The van der Waals surface area contributed by atoms with E-state index in [1.807, 2.05) is 12.1 Å². The quantitative estimate of drug-likeness (QED) is 0.636. The minimum absolute atomic E-state index is 0.177. The maximum Gasteiger partial charge on any atom is 0.235 e. The molecule has 23 heavy (non-hydrogen) atoms. The standard InChI is InChI=1S/C15H23ClN2O4S/c1-22-11-3-10-18(23(2,20)21)12-15(19)17-9-8-13-4-6-14(16)7-5-13/h4-7H,3,8-12H2,1-2H3,(H,17,19). The smallest absolute Gasteiger partial charge is 0.235 e. The molecule has 6 nitrogen and oxygen atoms in total. The largest absolute Gasteiger partial charge is 0.385 e. The van der Waals surface area contributed by atoms with Gasteiger partial charge in [0.2, 0.25) is 15.9 Å². The molecule has 130 valence electrons. The predicted octanol–water partition coefficient (Wildman–Crippen LogP) is 1.30. The van der Waals surface area contributed by atoms with Crippen LogP contribution in [-0.2, 0) is 26.0 Å². The molecule has 1 N–H and O–H groups in total. The van der Waals surface area contributed by atoms with Gasteiger partial charge >= 0.3 is 0 Å². The van der Waals surface area contributed by atoms with E-state index in [0.717, 1.165) is 16.1 Å². The summed E-state index contributed by atoms with van der Waals surface area (Å²) in [6.07, 6.45) is 2.30. The maximum atomic E-state index is 11.9. The van der Waals surface area contributed by atoms with Gasteiger partial charge in [-0.2, -0.15) is 4.31 Å². The SMILES string of the molecule is COCCCN(CC(=O)NCCc1ccc(Cl)cc1)S(C)(=O)=O. The molecule has 1 amide bonds. The summed E-state index contributed by atoms with van der Waals surface area (Å²) in [5, 5.41) is 3.39. The van der Waals surface area contributed by atoms with Gasteiger partial charge in [0.05, 0.1) is 12.8 Å². The number of ether oxygens (including phenoxy) is 1. The van der Waals surface area contributed by atoms with Crippen molar-refractivity contribution in [2.75, 3.05) is 39.6 Å². The number of methoxy groups -OCH3 is 1. The van der Waals surface area contributed by atoms with Crippen molar-refractivity contribution in [1.82, 2.24) is 9.62 Å². The molecule has 0 aliphatic carbocycles. The lowest BCUT2D eigenvalue weighted by Gasteiger charge is -2.19. The summed E-state index contributed by atoms with van der Waals surface area (Å²) in [6, 6.07) is 7.36. The zero-order chi connectivity index (χ0) is 17.3. The van der Waals surface area contributed by atoms with Crippen molar-refractivity contribution in [1.29, 1.82) is 0 Å². The van der Waals surface area contributed by atoms with Crippen LogP contribution in [0.25, 0.3) is 0 Å². The van der Waals surface area contributed by atoms with Crippen LogP contribution in [0.2, 0.25) is 5.02 Å². The molecule has 0 radical (unpaired) electrons. The average molecular weight is 363 g/mol. The Morgan fingerprint density at radius 1 is 1.30 bits per heavy atom. The van der Waals surface area contributed by atoms with Crippen LogP contribution in [0, 0.1) is 0 Å². The molecule has 1 rings (SSSR count). The first-order valence-electron chi connectivity index (χ1n) is 7.28. The van der Waals surface area contributed by atoms with Crippen LogP contribution in [0.4, 0.5) is 0 Å². The van der Waals surface area contributed by atoms with Crippen molar-refractivity contribution in [3.05, 3.63) is 34.9 Å². The highest BCUT2D eigenvalue weighted by atomic mass is 35.5. The first-order valence-corrected chi connectivity index (χ1v) is 9.50. The second kappa shape index (κ2) is 9.87. The van der Waals surface area contributed by atoms with Gasteiger partial charge in [-0.05, 0) is 30.5 Å². The zero-order valence-electron chi connectivity index (χ0n) is 13.4. The molecule has 8 heteroatoms. The topological polar surface area (TPSA) is 75.7 Å². The normalized spacial score (nSPS) is 11.7. The molecule has 0 aromatic heterocycles. The summed E-state index contributed by atoms with van der Waals surface area (Å²) >= 11 is 5.81. The number of nitrogens with zero attached hydrogens (tertiary/aromatic N) is 1. The molecule has 1 aromatic rings. The molecule has 0 saturated carbocycles. The minimum atomic E-state index is -3.42. The van der Waals surface area contributed by atoms with Crippen LogP contribution in [0.5, 0.6) is 0 Å². The summed E-state index contributed by atoms with van der Waals surface area (Å²) in [5.74, 6) is -0.318. The molecule has 0 spiro atoms. The number of carbonyl (C=O) groups is 1. The molecule has 0 bridgehead atoms. The summed E-state index contributed by atoms with van der Waals surface area (Å²) in [4.78, 5) is 11.9. The van der Waals surface area contributed by atoms with Crippen molar-refractivity contribution in [3.8, 4) is 0 Å². The highest BCUT2D eigenvalue weighted by molar-refractivity contribution is 7.88. The number of hydrogen-bond acceptors (Lipinski definition) is 4. The van der Waals surface area contributed by atoms with E-state index in [1.165, 1.54) is 0 Å². The molecule has 0 saturated heterocycles. The Morgan fingerprint density at radius 3 is 2.52 bits per heavy atom. The fourth-order valence-corrected chi connectivity index (χ4v) is 2.90. The maximum absolute atomic E-state index is 11.9. The lowest BCUT2D eigenvalue weighted by atomic mass is 10.1. The van der Waals surface area contributed by atoms with Gasteiger partial charge in [0.25, 0.3) is 0 Å². The number of hydrogen-bond donors (Lipinski definition) is 1. The Balaban J connectivity index is 2.41. The first-order chi connectivity index (χ1) is 10.8. The third-order valence-corrected chi connectivity index (χ3v) is 4.70. The summed E-state index contributed by atoms with van der Waals surface area (Å²) in [5.41, 5.74) is 1.05. The fourth-order valence-electron chi connectivity index (χ4n) is 1.96. The van der Waals surface area contributed by atoms with Crippen LogP contribution in [0.1, 0.15) is 12.0 Å². The van der Waals surface area contributed by atoms with Gasteiger partial charge in [-0.3, -0.25) is 4.79 Å². The van der Waals surface area contributed by atoms with Crippen LogP contribution < -0.4 is 5.32 Å². The van der Waals surface area contributed by atoms with E-state index in [1.54, 1.807) is 19.2 Å². The number of amides is 1. The lowest BCUT2D eigenvalue weighted by Crippen LogP contribution is -2.41. The highest BCUT2D eigenvalue weighted by Crippen LogP contribution is 2.09. The van der Waals surface area contributed by atoms with Crippen molar-refractivity contribution in [2.24, 2.45) is 0 Å². The van der Waals surface area contributed by atoms with Crippen molar-refractivity contribution < 1.29 is 17.9 Å². The molecule has 0 atom stereocenters. The monoisotopic (exact) mass is 362 g/mol. The second-order valence-electron chi connectivity index (χ2n) is 5.17. The van der Waals surface area contributed by atoms with Gasteiger partial charge in [0, 0.05) is 31.8 Å². The fraction of sp³-hybridized carbons (Fsp3) is 0.533. The zero-order valence-corrected chi connectivity index (χ0v) is 15.0. The minimum Gasteiger partial charge on any atom is -0.385 e. The third kappa shape index (κ3) is 8.31. The van der Waals surface area contributed by atoms with Gasteiger partial charge in [-0.15, -0.1) is 0 Å². The molecule has 0 heterocycles. The Bertz CT molecular complexity index is 590. The van der Waals surface area contributed by atoms with Gasteiger partial charge in [-0.1, -0.05) is 23.7 Å². The number of carbonyl (C=O) groups excluding carboxylic acids is 1. The van der Waals surface area contributed by atoms with Gasteiger partial charge in [-0.25, -0.2) is 8.42 Å². The van der Waals surface area contributed by atoms with E-state index in [2.05, 4.69) is 5.32 Å². The molecule has 0 aliphatic heterocycles. The molecular weight excluding hydrogens is 340 g/mol.